The number of thioether (sulfide) groups is 1. The van der Waals surface area contributed by atoms with E-state index in [0.717, 1.165) is 31.9 Å². The Balaban J connectivity index is 1.95. The molecule has 9 heteroatoms. The maximum atomic E-state index is 13.9. The van der Waals surface area contributed by atoms with Crippen molar-refractivity contribution in [2.45, 2.75) is 12.3 Å². The van der Waals surface area contributed by atoms with Crippen LogP contribution >= 0.6 is 11.8 Å². The van der Waals surface area contributed by atoms with Crippen LogP contribution in [0.2, 0.25) is 0 Å². The summed E-state index contributed by atoms with van der Waals surface area (Å²) < 4.78 is 53.5. The minimum atomic E-state index is -4.59. The van der Waals surface area contributed by atoms with Crippen LogP contribution < -0.4 is 4.90 Å². The number of alkyl halides is 3. The van der Waals surface area contributed by atoms with Gasteiger partial charge in [0.05, 0.1) is 0 Å². The summed E-state index contributed by atoms with van der Waals surface area (Å²) in [6.07, 6.45) is -2.76. The summed E-state index contributed by atoms with van der Waals surface area (Å²) in [5.74, 6) is -0.245. The average molecular weight is 403 g/mol. The summed E-state index contributed by atoms with van der Waals surface area (Å²) in [6.45, 7) is 2.94. The zero-order valence-electron chi connectivity index (χ0n) is 14.9. The van der Waals surface area contributed by atoms with E-state index in [4.69, 9.17) is 0 Å². The number of nitrogens with zero attached hydrogens (tertiary/aromatic N) is 3. The first kappa shape index (κ1) is 20.2. The van der Waals surface area contributed by atoms with Crippen molar-refractivity contribution in [1.82, 2.24) is 9.80 Å². The third-order valence-electron chi connectivity index (χ3n) is 4.81. The molecule has 1 atom stereocenters. The molecule has 2 fully saturated rings. The Hall–Kier alpha value is -1.58. The maximum Gasteiger partial charge on any atom is 0.460 e. The van der Waals surface area contributed by atoms with Crippen LogP contribution in [0.3, 0.4) is 0 Å². The first-order valence-electron chi connectivity index (χ1n) is 8.66. The van der Waals surface area contributed by atoms with Gasteiger partial charge in [-0.05, 0) is 31.3 Å². The molecule has 1 aromatic rings. The molecule has 2 aliphatic heterocycles. The Morgan fingerprint density at radius 1 is 1.15 bits per heavy atom. The highest BCUT2D eigenvalue weighted by Crippen LogP contribution is 2.37. The second-order valence-corrected chi connectivity index (χ2v) is 7.80. The molecule has 4 nitrogen and oxygen atoms in total. The minimum Gasteiger partial charge on any atom is -0.368 e. The molecular formula is C18H21F4N3OS. The van der Waals surface area contributed by atoms with Gasteiger partial charge < -0.3 is 14.6 Å². The van der Waals surface area contributed by atoms with Crippen molar-refractivity contribution in [3.8, 4) is 0 Å². The molecule has 2 aliphatic rings. The molecule has 0 amide bonds. The number of hydrogen-bond acceptors (Lipinski definition) is 5. The van der Waals surface area contributed by atoms with Crippen molar-refractivity contribution in [3.05, 3.63) is 34.5 Å². The Labute approximate surface area is 159 Å². The largest absolute Gasteiger partial charge is 0.460 e. The van der Waals surface area contributed by atoms with Gasteiger partial charge in [-0.3, -0.25) is 0 Å². The third kappa shape index (κ3) is 4.64. The number of hydrogen-bond donors (Lipinski definition) is 0. The van der Waals surface area contributed by atoms with Crippen molar-refractivity contribution in [2.75, 3.05) is 50.4 Å². The summed E-state index contributed by atoms with van der Waals surface area (Å²) in [5.41, 5.74) is 1.27. The topological polar surface area (TPSA) is 26.8 Å². The van der Waals surface area contributed by atoms with Gasteiger partial charge in [0.2, 0.25) is 0 Å². The molecule has 0 N–H and O–H groups in total. The number of rotatable bonds is 3. The highest BCUT2D eigenvalue weighted by molar-refractivity contribution is 8.03. The van der Waals surface area contributed by atoms with Crippen LogP contribution in [0.5, 0.6) is 0 Å². The molecule has 1 unspecified atom stereocenters. The molecule has 2 heterocycles. The van der Waals surface area contributed by atoms with Gasteiger partial charge in [-0.2, -0.15) is 18.1 Å². The van der Waals surface area contributed by atoms with Gasteiger partial charge in [-0.15, -0.1) is 11.8 Å². The van der Waals surface area contributed by atoms with E-state index in [1.54, 1.807) is 6.07 Å². The summed E-state index contributed by atoms with van der Waals surface area (Å²) in [6, 6.07) is 2.92. The first-order valence-corrected chi connectivity index (χ1v) is 9.64. The fourth-order valence-corrected chi connectivity index (χ4v) is 4.41. The second kappa shape index (κ2) is 8.20. The van der Waals surface area contributed by atoms with Crippen LogP contribution in [0.4, 0.5) is 23.2 Å². The zero-order chi connectivity index (χ0) is 19.6. The van der Waals surface area contributed by atoms with Crippen molar-refractivity contribution in [3.63, 3.8) is 0 Å². The van der Waals surface area contributed by atoms with Crippen LogP contribution in [0, 0.1) is 5.82 Å². The monoisotopic (exact) mass is 403 g/mol. The van der Waals surface area contributed by atoms with E-state index in [0.29, 0.717) is 11.8 Å². The lowest BCUT2D eigenvalue weighted by atomic mass is 10.1. The Morgan fingerprint density at radius 3 is 2.48 bits per heavy atom. The van der Waals surface area contributed by atoms with Crippen molar-refractivity contribution < 1.29 is 22.4 Å². The number of benzene rings is 1. The zero-order valence-corrected chi connectivity index (χ0v) is 15.7. The second-order valence-electron chi connectivity index (χ2n) is 6.63. The van der Waals surface area contributed by atoms with E-state index in [1.165, 1.54) is 30.0 Å². The SMILES string of the molecule is CN1CCN(c2ccc(F)cc2C=C2SCCN(C(F)(F)F)C2C=O)CC1. The molecule has 0 bridgehead atoms. The lowest BCUT2D eigenvalue weighted by Crippen LogP contribution is -2.50. The van der Waals surface area contributed by atoms with Crippen molar-refractivity contribution in [2.24, 2.45) is 0 Å². The molecule has 148 valence electrons. The fraction of sp³-hybridized carbons (Fsp3) is 0.500. The summed E-state index contributed by atoms with van der Waals surface area (Å²) in [7, 11) is 2.02. The Bertz CT molecular complexity index is 717. The number of halogens is 4. The summed E-state index contributed by atoms with van der Waals surface area (Å²) >= 11 is 1.21. The van der Waals surface area contributed by atoms with Gasteiger partial charge in [0.25, 0.3) is 0 Å². The number of piperazine rings is 1. The molecule has 1 aromatic carbocycles. The molecular weight excluding hydrogens is 382 g/mol. The van der Waals surface area contributed by atoms with E-state index in [-0.39, 0.29) is 22.1 Å². The summed E-state index contributed by atoms with van der Waals surface area (Å²) in [4.78, 5) is 16.2. The van der Waals surface area contributed by atoms with E-state index in [9.17, 15) is 22.4 Å². The minimum absolute atomic E-state index is 0.217. The third-order valence-corrected chi connectivity index (χ3v) is 5.89. The first-order chi connectivity index (χ1) is 12.8. The Kier molecular flexibility index (Phi) is 6.12. The van der Waals surface area contributed by atoms with Crippen LogP contribution in [0.25, 0.3) is 6.08 Å². The summed E-state index contributed by atoms with van der Waals surface area (Å²) in [5, 5.41) is 0. The molecule has 0 radical (unpaired) electrons. The van der Waals surface area contributed by atoms with Crippen LogP contribution in [0.15, 0.2) is 23.1 Å². The van der Waals surface area contributed by atoms with E-state index in [1.807, 2.05) is 7.05 Å². The van der Waals surface area contributed by atoms with Crippen LogP contribution in [0.1, 0.15) is 5.56 Å². The van der Waals surface area contributed by atoms with Gasteiger partial charge in [0.1, 0.15) is 18.1 Å². The molecule has 2 saturated heterocycles. The standard InChI is InChI=1S/C18H21F4N3OS/c1-23-4-6-24(7-5-23)15-3-2-14(19)10-13(15)11-17-16(12-26)25(8-9-27-17)18(20,21)22/h2-3,10-12,16H,4-9H2,1H3. The number of carbonyl (C=O) groups is 1. The van der Waals surface area contributed by atoms with Gasteiger partial charge in [-0.1, -0.05) is 0 Å². The Morgan fingerprint density at radius 2 is 1.85 bits per heavy atom. The smallest absolute Gasteiger partial charge is 0.368 e. The van der Waals surface area contributed by atoms with Crippen molar-refractivity contribution in [1.29, 1.82) is 0 Å². The molecule has 3 rings (SSSR count). The predicted octanol–water partition coefficient (Wildman–Crippen LogP) is 3.05. The fourth-order valence-electron chi connectivity index (χ4n) is 3.32. The quantitative estimate of drug-likeness (QED) is 0.439. The maximum absolute atomic E-state index is 13.9. The highest BCUT2D eigenvalue weighted by atomic mass is 32.2. The molecule has 0 spiro atoms. The number of carbonyl (C=O) groups excluding carboxylic acids is 1. The van der Waals surface area contributed by atoms with E-state index < -0.39 is 18.2 Å². The van der Waals surface area contributed by atoms with E-state index >= 15 is 0 Å². The average Bonchev–Trinajstić information content (AvgIpc) is 2.62. The van der Waals surface area contributed by atoms with Crippen LogP contribution in [-0.2, 0) is 4.79 Å². The molecule has 0 saturated carbocycles. The normalized spacial score (nSPS) is 24.4. The predicted molar refractivity (Wildman–Crippen MR) is 99.2 cm³/mol. The number of aldehydes is 1. The number of anilines is 1. The lowest BCUT2D eigenvalue weighted by molar-refractivity contribution is -0.249. The molecule has 0 aliphatic carbocycles. The van der Waals surface area contributed by atoms with Gasteiger partial charge in [0.15, 0.2) is 0 Å². The lowest BCUT2D eigenvalue weighted by Gasteiger charge is -2.36. The van der Waals surface area contributed by atoms with Crippen molar-refractivity contribution >= 4 is 29.8 Å². The molecule has 27 heavy (non-hydrogen) atoms. The van der Waals surface area contributed by atoms with Gasteiger partial charge in [0, 0.05) is 54.6 Å². The molecule has 0 aromatic heterocycles. The highest BCUT2D eigenvalue weighted by Gasteiger charge is 2.45. The van der Waals surface area contributed by atoms with E-state index in [2.05, 4.69) is 9.80 Å². The number of likely N-dealkylation sites (N-methyl/N-ethyl adjacent to an activating group) is 1. The van der Waals surface area contributed by atoms with Gasteiger partial charge >= 0.3 is 6.30 Å². The van der Waals surface area contributed by atoms with Crippen LogP contribution in [-0.4, -0.2) is 74.0 Å². The van der Waals surface area contributed by atoms with Gasteiger partial charge in [-0.25, -0.2) is 4.39 Å².